The van der Waals surface area contributed by atoms with Gasteiger partial charge in [-0.25, -0.2) is 9.59 Å². The summed E-state index contributed by atoms with van der Waals surface area (Å²) in [7, 11) is -2.50. The molecule has 1 rings (SSSR count). The molecule has 0 aliphatic carbocycles. The molecule has 0 bridgehead atoms. The minimum Gasteiger partial charge on any atom is -0.525 e. The molecule has 1 saturated heterocycles. The van der Waals surface area contributed by atoms with Crippen molar-refractivity contribution in [3.63, 3.8) is 0 Å². The molecule has 0 saturated carbocycles. The number of esters is 4. The molecule has 0 radical (unpaired) electrons. The van der Waals surface area contributed by atoms with Crippen molar-refractivity contribution in [2.75, 3.05) is 80.3 Å². The second-order valence-electron chi connectivity index (χ2n) is 13.2. The Bertz CT molecular complexity index is 1210. The van der Waals surface area contributed by atoms with Gasteiger partial charge < -0.3 is 63.8 Å². The summed E-state index contributed by atoms with van der Waals surface area (Å²) in [6.07, 6.45) is 4.91. The molecule has 1 heterocycles. The van der Waals surface area contributed by atoms with E-state index in [1.54, 1.807) is 28.1 Å². The molecule has 64 heavy (non-hydrogen) atoms. The minimum atomic E-state index is -2.06. The number of ether oxygens (including phenoxy) is 6. The zero-order valence-electron chi connectivity index (χ0n) is 41.1. The highest BCUT2D eigenvalue weighted by Crippen LogP contribution is 2.16. The van der Waals surface area contributed by atoms with Crippen molar-refractivity contribution in [2.24, 2.45) is 0 Å². The minimum absolute atomic E-state index is 0.226. The second kappa shape index (κ2) is 48.0. The average molecular weight is 991 g/mol. The van der Waals surface area contributed by atoms with Gasteiger partial charge in [-0.15, -0.1) is 0 Å². The van der Waals surface area contributed by atoms with Gasteiger partial charge in [0.15, 0.2) is 0 Å². The average Bonchev–Trinajstić information content (AvgIpc) is 4.06. The Kier molecular flexibility index (Phi) is 50.8. The van der Waals surface area contributed by atoms with E-state index in [-0.39, 0.29) is 17.9 Å². The normalized spacial score (nSPS) is 12.6. The first-order chi connectivity index (χ1) is 30.3. The number of epoxide rings is 1. The van der Waals surface area contributed by atoms with E-state index in [9.17, 15) is 24.0 Å². The molecule has 1 atom stereocenters. The molecule has 0 aromatic rings. The number of carbonyl (C=O) groups excluding carboxylic acids is 5. The van der Waals surface area contributed by atoms with Crippen LogP contribution >= 0.6 is 0 Å². The van der Waals surface area contributed by atoms with Gasteiger partial charge in [-0.3, -0.25) is 14.4 Å². The van der Waals surface area contributed by atoms with Crippen molar-refractivity contribution in [2.45, 2.75) is 119 Å². The molecule has 1 unspecified atom stereocenters. The van der Waals surface area contributed by atoms with Gasteiger partial charge in [0, 0.05) is 85.8 Å². The highest BCUT2D eigenvalue weighted by Gasteiger charge is 2.30. The summed E-state index contributed by atoms with van der Waals surface area (Å²) in [5.74, 6) is -1.83. The van der Waals surface area contributed by atoms with Gasteiger partial charge in [-0.1, -0.05) is 13.2 Å². The molecule has 376 valence electrons. The molecule has 1 fully saturated rings. The van der Waals surface area contributed by atoms with Crippen LogP contribution in [0.3, 0.4) is 0 Å². The summed E-state index contributed by atoms with van der Waals surface area (Å²) in [5.41, 5.74) is 0.835. The second-order valence-corrected chi connectivity index (χ2v) is 21.9. The quantitative estimate of drug-likeness (QED) is 0.0172. The molecule has 0 aromatic carbocycles. The lowest BCUT2D eigenvalue weighted by molar-refractivity contribution is -0.139. The van der Waals surface area contributed by atoms with Crippen molar-refractivity contribution in [3.05, 3.63) is 36.8 Å². The van der Waals surface area contributed by atoms with E-state index in [1.807, 2.05) is 41.2 Å². The fourth-order valence-electron chi connectivity index (χ4n) is 4.05. The van der Waals surface area contributed by atoms with E-state index in [2.05, 4.69) is 22.6 Å². The van der Waals surface area contributed by atoms with Crippen molar-refractivity contribution >= 4 is 67.0 Å². The third-order valence-corrected chi connectivity index (χ3v) is 15.3. The fourth-order valence-corrected chi connectivity index (χ4v) is 9.54. The standard InChI is InChI=1S/C12H24O4Si.C9H16O4Si.C8H18O4Si.C6H8O4.C6H16O3Si/c1-6-15-17(5,16-7-2)10-8-9-14-12(13)11(3)4;1-7(2)9(11)12-5-4-6-14-13-8(3)10;1-9-13(10-2)5-3-4-11-6-8-7-12-8;1-5(7)9-3-4-10-6(2)8;1-4-7-10(8-5-2)9-6-3/h3,6-10H2,1-2,4-5H3;1,4-6,14H2,2-3H3;8,13H,3-7H2,1-2H3;3-4H,1-2H3;10H,4-6H2,1-3H3. The molecule has 1 aliphatic heterocycles. The summed E-state index contributed by atoms with van der Waals surface area (Å²) in [5, 5.41) is 0. The number of carbonyl (C=O) groups is 5. The topological polar surface area (TPSA) is 218 Å². The Morgan fingerprint density at radius 2 is 1.14 bits per heavy atom. The Hall–Kier alpha value is -2.92. The lowest BCUT2D eigenvalue weighted by atomic mass is 10.4. The third-order valence-electron chi connectivity index (χ3n) is 7.07. The van der Waals surface area contributed by atoms with E-state index >= 15 is 0 Å². The third kappa shape index (κ3) is 53.4. The summed E-state index contributed by atoms with van der Waals surface area (Å²) in [4.78, 5) is 52.6. The Morgan fingerprint density at radius 3 is 1.50 bits per heavy atom. The maximum Gasteiger partial charge on any atom is 0.484 e. The van der Waals surface area contributed by atoms with Crippen LogP contribution in [0.2, 0.25) is 24.7 Å². The maximum absolute atomic E-state index is 11.1. The predicted octanol–water partition coefficient (Wildman–Crippen LogP) is 4.90. The largest absolute Gasteiger partial charge is 0.525 e. The van der Waals surface area contributed by atoms with Crippen molar-refractivity contribution < 1.29 is 87.8 Å². The number of hydrogen-bond donors (Lipinski definition) is 0. The first kappa shape index (κ1) is 67.7. The fraction of sp³-hybridized carbons (Fsp3) is 0.732. The van der Waals surface area contributed by atoms with E-state index < -0.39 is 49.1 Å². The predicted molar refractivity (Wildman–Crippen MR) is 251 cm³/mol. The van der Waals surface area contributed by atoms with Gasteiger partial charge in [0.2, 0.25) is 9.76 Å². The van der Waals surface area contributed by atoms with Gasteiger partial charge in [0.05, 0.1) is 26.4 Å². The van der Waals surface area contributed by atoms with Crippen LogP contribution in [0.25, 0.3) is 0 Å². The molecular formula is C41H82O19Si4. The lowest BCUT2D eigenvalue weighted by Gasteiger charge is -2.25. The monoisotopic (exact) mass is 990 g/mol. The van der Waals surface area contributed by atoms with Gasteiger partial charge >= 0.3 is 51.2 Å². The van der Waals surface area contributed by atoms with E-state index in [1.165, 1.54) is 20.8 Å². The van der Waals surface area contributed by atoms with Crippen molar-refractivity contribution in [1.29, 1.82) is 0 Å². The molecule has 0 amide bonds. The zero-order valence-corrected chi connectivity index (χ0v) is 45.8. The van der Waals surface area contributed by atoms with Gasteiger partial charge in [-0.2, -0.15) is 0 Å². The molecule has 19 nitrogen and oxygen atoms in total. The van der Waals surface area contributed by atoms with Gasteiger partial charge in [0.25, 0.3) is 5.97 Å². The number of hydrogen-bond acceptors (Lipinski definition) is 19. The highest BCUT2D eigenvalue weighted by molar-refractivity contribution is 6.66. The Balaban J connectivity index is -0.000000357. The Morgan fingerprint density at radius 1 is 0.688 bits per heavy atom. The van der Waals surface area contributed by atoms with Crippen LogP contribution in [0, 0.1) is 0 Å². The van der Waals surface area contributed by atoms with Crippen LogP contribution in [0.15, 0.2) is 36.8 Å². The van der Waals surface area contributed by atoms with Crippen LogP contribution in [-0.2, 0) is 87.8 Å². The zero-order chi connectivity index (χ0) is 49.6. The molecule has 0 spiro atoms. The molecule has 23 heteroatoms. The summed E-state index contributed by atoms with van der Waals surface area (Å²) >= 11 is 0. The van der Waals surface area contributed by atoms with Crippen LogP contribution in [0.1, 0.15) is 88.5 Å². The first-order valence-corrected chi connectivity index (χ1v) is 28.8. The molecule has 0 N–H and O–H groups in total. The summed E-state index contributed by atoms with van der Waals surface area (Å²) in [6, 6.07) is 2.68. The molecule has 1 aliphatic rings. The van der Waals surface area contributed by atoms with E-state index in [4.69, 9.17) is 54.4 Å². The maximum atomic E-state index is 11.1. The van der Waals surface area contributed by atoms with Crippen LogP contribution in [-0.4, -0.2) is 153 Å². The van der Waals surface area contributed by atoms with Gasteiger partial charge in [0.1, 0.15) is 18.6 Å². The lowest BCUT2D eigenvalue weighted by Crippen LogP contribution is -2.38. The molecule has 0 aromatic heterocycles. The van der Waals surface area contributed by atoms with E-state index in [0.29, 0.717) is 63.5 Å². The summed E-state index contributed by atoms with van der Waals surface area (Å²) < 4.78 is 71.1. The van der Waals surface area contributed by atoms with Gasteiger partial charge in [-0.05, 0) is 92.4 Å². The summed E-state index contributed by atoms with van der Waals surface area (Å²) in [6.45, 7) is 32.4. The first-order valence-electron chi connectivity index (χ1n) is 21.5. The van der Waals surface area contributed by atoms with E-state index in [0.717, 1.165) is 69.7 Å². The van der Waals surface area contributed by atoms with Crippen LogP contribution in [0.4, 0.5) is 0 Å². The Labute approximate surface area is 390 Å². The highest BCUT2D eigenvalue weighted by atomic mass is 28.4. The number of rotatable bonds is 31. The molecular weight excluding hydrogens is 909 g/mol. The SMILES string of the molecule is C=C(C)C(=O)OCCC[SiH2]OC(C)=O.C=C(C)C(=O)OCCC[Si](C)(OCC)OCC.CC(=O)OC=COC(C)=O.CCO[SiH](OCC)OCC.CO[SiH](CCCOCC1CO1)OC. The smallest absolute Gasteiger partial charge is 0.484 e. The van der Waals surface area contributed by atoms with Crippen LogP contribution in [0.5, 0.6) is 0 Å². The van der Waals surface area contributed by atoms with Crippen molar-refractivity contribution in [3.8, 4) is 0 Å². The van der Waals surface area contributed by atoms with Crippen LogP contribution < -0.4 is 0 Å². The van der Waals surface area contributed by atoms with Crippen molar-refractivity contribution in [1.82, 2.24) is 0 Å².